The van der Waals surface area contributed by atoms with Gasteiger partial charge in [-0.15, -0.1) is 0 Å². The van der Waals surface area contributed by atoms with Crippen LogP contribution in [0.3, 0.4) is 0 Å². The quantitative estimate of drug-likeness (QED) is 0.211. The molecule has 0 saturated heterocycles. The molecule has 0 aromatic carbocycles. The molecule has 0 rings (SSSR count). The summed E-state index contributed by atoms with van der Waals surface area (Å²) in [5, 5.41) is 10.4. The molecule has 0 aliphatic carbocycles. The van der Waals surface area contributed by atoms with E-state index in [0.717, 1.165) is 6.42 Å². The summed E-state index contributed by atoms with van der Waals surface area (Å²) in [7, 11) is 0. The zero-order valence-electron chi connectivity index (χ0n) is 7.51. The Kier molecular flexibility index (Phi) is 7.05. The van der Waals surface area contributed by atoms with E-state index in [-0.39, 0.29) is 5.96 Å². The van der Waals surface area contributed by atoms with Crippen LogP contribution in [0, 0.1) is 11.5 Å². The van der Waals surface area contributed by atoms with Crippen molar-refractivity contribution in [3.8, 4) is 6.19 Å². The molecule has 0 fully saturated rings. The maximum absolute atomic E-state index is 8.16. The number of nitrogens with zero attached hydrogens (tertiary/aromatic N) is 2. The van der Waals surface area contributed by atoms with Gasteiger partial charge in [0.15, 0.2) is 6.19 Å². The molecule has 0 radical (unpaired) electrons. The van der Waals surface area contributed by atoms with Crippen LogP contribution < -0.4 is 11.1 Å². The first kappa shape index (κ1) is 10.8. The van der Waals surface area contributed by atoms with Gasteiger partial charge in [-0.2, -0.15) is 5.26 Å². The molecule has 0 spiro atoms. The van der Waals surface area contributed by atoms with Crippen molar-refractivity contribution in [2.75, 3.05) is 6.54 Å². The molecule has 0 heterocycles. The highest BCUT2D eigenvalue weighted by atomic mass is 15.1. The van der Waals surface area contributed by atoms with Gasteiger partial charge in [-0.05, 0) is 6.42 Å². The predicted octanol–water partition coefficient (Wildman–Crippen LogP) is 0.952. The van der Waals surface area contributed by atoms with E-state index in [1.807, 2.05) is 0 Å². The number of nitrogens with two attached hydrogens (primary N) is 1. The van der Waals surface area contributed by atoms with Gasteiger partial charge in [-0.25, -0.2) is 0 Å². The number of rotatable bonds is 5. The van der Waals surface area contributed by atoms with Crippen LogP contribution in [-0.2, 0) is 0 Å². The second kappa shape index (κ2) is 7.86. The lowest BCUT2D eigenvalue weighted by Crippen LogP contribution is -2.27. The zero-order valence-corrected chi connectivity index (χ0v) is 7.51. The van der Waals surface area contributed by atoms with Crippen molar-refractivity contribution in [1.82, 2.24) is 5.32 Å². The molecule has 0 aliphatic heterocycles. The maximum atomic E-state index is 8.16. The van der Waals surface area contributed by atoms with Crippen LogP contribution in [0.4, 0.5) is 0 Å². The molecule has 0 bridgehead atoms. The van der Waals surface area contributed by atoms with Crippen molar-refractivity contribution >= 4 is 5.96 Å². The van der Waals surface area contributed by atoms with E-state index in [1.165, 1.54) is 19.3 Å². The van der Waals surface area contributed by atoms with Crippen molar-refractivity contribution < 1.29 is 0 Å². The summed E-state index contributed by atoms with van der Waals surface area (Å²) in [5.74, 6) is 0.217. The first-order valence-electron chi connectivity index (χ1n) is 4.26. The van der Waals surface area contributed by atoms with Crippen LogP contribution in [0.2, 0.25) is 0 Å². The Labute approximate surface area is 73.5 Å². The third kappa shape index (κ3) is 6.87. The molecule has 0 atom stereocenters. The van der Waals surface area contributed by atoms with Crippen molar-refractivity contribution in [2.24, 2.45) is 10.7 Å². The molecule has 0 saturated carbocycles. The first-order chi connectivity index (χ1) is 5.81. The number of aliphatic imine (C=N–C) groups is 1. The van der Waals surface area contributed by atoms with Crippen LogP contribution in [0.25, 0.3) is 0 Å². The van der Waals surface area contributed by atoms with E-state index in [4.69, 9.17) is 11.0 Å². The minimum Gasteiger partial charge on any atom is -0.369 e. The van der Waals surface area contributed by atoms with E-state index in [1.54, 1.807) is 6.19 Å². The fourth-order valence-electron chi connectivity index (χ4n) is 0.835. The number of guanidine groups is 1. The van der Waals surface area contributed by atoms with E-state index < -0.39 is 0 Å². The fourth-order valence-corrected chi connectivity index (χ4v) is 0.835. The lowest BCUT2D eigenvalue weighted by atomic mass is 10.2. The van der Waals surface area contributed by atoms with Crippen LogP contribution in [0.1, 0.15) is 32.6 Å². The minimum absolute atomic E-state index is 0.217. The Bertz CT molecular complexity index is 168. The summed E-state index contributed by atoms with van der Waals surface area (Å²) in [6.07, 6.45) is 6.39. The molecule has 12 heavy (non-hydrogen) atoms. The molecule has 0 unspecified atom stereocenters. The molecule has 3 N–H and O–H groups in total. The average molecular weight is 168 g/mol. The molecule has 0 amide bonds. The molecule has 0 aliphatic rings. The molecular weight excluding hydrogens is 152 g/mol. The number of hydrogen-bond acceptors (Lipinski definition) is 2. The Hall–Kier alpha value is -1.24. The van der Waals surface area contributed by atoms with Crippen molar-refractivity contribution in [3.05, 3.63) is 0 Å². The smallest absolute Gasteiger partial charge is 0.202 e. The normalized spacial score (nSPS) is 10.8. The van der Waals surface area contributed by atoms with Crippen LogP contribution in [-0.4, -0.2) is 12.5 Å². The predicted molar refractivity (Wildman–Crippen MR) is 49.4 cm³/mol. The van der Waals surface area contributed by atoms with Gasteiger partial charge in [0, 0.05) is 6.54 Å². The summed E-state index contributed by atoms with van der Waals surface area (Å²) < 4.78 is 0. The van der Waals surface area contributed by atoms with E-state index in [2.05, 4.69) is 17.2 Å². The van der Waals surface area contributed by atoms with Gasteiger partial charge in [0.2, 0.25) is 5.96 Å². The summed E-state index contributed by atoms with van der Waals surface area (Å²) in [5.41, 5.74) is 5.32. The molecule has 4 nitrogen and oxygen atoms in total. The van der Waals surface area contributed by atoms with Gasteiger partial charge >= 0.3 is 0 Å². The summed E-state index contributed by atoms with van der Waals surface area (Å²) in [4.78, 5) is 3.95. The Morgan fingerprint density at radius 3 is 2.83 bits per heavy atom. The highest BCUT2D eigenvalue weighted by Crippen LogP contribution is 1.98. The largest absolute Gasteiger partial charge is 0.369 e. The lowest BCUT2D eigenvalue weighted by molar-refractivity contribution is 0.674. The van der Waals surface area contributed by atoms with Gasteiger partial charge in [0.25, 0.3) is 0 Å². The zero-order chi connectivity index (χ0) is 9.23. The molecule has 0 aromatic heterocycles. The van der Waals surface area contributed by atoms with Crippen molar-refractivity contribution in [3.63, 3.8) is 0 Å². The highest BCUT2D eigenvalue weighted by Gasteiger charge is 1.88. The third-order valence-corrected chi connectivity index (χ3v) is 1.48. The molecule has 4 heteroatoms. The second-order valence-corrected chi connectivity index (χ2v) is 2.56. The SMILES string of the molecule is CCCCCCN=C(N)NC#N. The first-order valence-corrected chi connectivity index (χ1v) is 4.26. The molecule has 68 valence electrons. The van der Waals surface area contributed by atoms with E-state index in [0.29, 0.717) is 6.54 Å². The van der Waals surface area contributed by atoms with Crippen molar-refractivity contribution in [1.29, 1.82) is 5.26 Å². The van der Waals surface area contributed by atoms with Crippen molar-refractivity contribution in [2.45, 2.75) is 32.6 Å². The fraction of sp³-hybridized carbons (Fsp3) is 0.750. The monoisotopic (exact) mass is 168 g/mol. The average Bonchev–Trinajstić information content (AvgIpc) is 2.05. The number of hydrogen-bond donors (Lipinski definition) is 2. The second-order valence-electron chi connectivity index (χ2n) is 2.56. The minimum atomic E-state index is 0.217. The van der Waals surface area contributed by atoms with Crippen LogP contribution in [0.5, 0.6) is 0 Å². The van der Waals surface area contributed by atoms with Crippen LogP contribution >= 0.6 is 0 Å². The van der Waals surface area contributed by atoms with Gasteiger partial charge in [0.1, 0.15) is 0 Å². The number of nitriles is 1. The Morgan fingerprint density at radius 2 is 2.25 bits per heavy atom. The summed E-state index contributed by atoms with van der Waals surface area (Å²) >= 11 is 0. The summed E-state index contributed by atoms with van der Waals surface area (Å²) in [6.45, 7) is 2.87. The van der Waals surface area contributed by atoms with Gasteiger partial charge in [-0.3, -0.25) is 10.3 Å². The Balaban J connectivity index is 3.28. The maximum Gasteiger partial charge on any atom is 0.202 e. The lowest BCUT2D eigenvalue weighted by Gasteiger charge is -1.96. The highest BCUT2D eigenvalue weighted by molar-refractivity contribution is 5.79. The van der Waals surface area contributed by atoms with Gasteiger partial charge in [0.05, 0.1) is 0 Å². The van der Waals surface area contributed by atoms with Gasteiger partial charge in [-0.1, -0.05) is 26.2 Å². The van der Waals surface area contributed by atoms with Crippen LogP contribution in [0.15, 0.2) is 4.99 Å². The van der Waals surface area contributed by atoms with E-state index in [9.17, 15) is 0 Å². The molecule has 0 aromatic rings. The third-order valence-electron chi connectivity index (χ3n) is 1.48. The number of nitrogens with one attached hydrogen (secondary N) is 1. The molecular formula is C8H16N4. The van der Waals surface area contributed by atoms with E-state index >= 15 is 0 Å². The summed E-state index contributed by atoms with van der Waals surface area (Å²) in [6, 6.07) is 0. The standard InChI is InChI=1S/C8H16N4/c1-2-3-4-5-6-11-8(10)12-7-9/h2-6H2,1H3,(H3,10,11,12). The Morgan fingerprint density at radius 1 is 1.50 bits per heavy atom. The number of unbranched alkanes of at least 4 members (excludes halogenated alkanes) is 3. The van der Waals surface area contributed by atoms with Gasteiger partial charge < -0.3 is 5.73 Å². The topological polar surface area (TPSA) is 74.2 Å².